The van der Waals surface area contributed by atoms with Crippen LogP contribution in [0.15, 0.2) is 0 Å². The van der Waals surface area contributed by atoms with E-state index in [9.17, 15) is 0 Å². The third-order valence-electron chi connectivity index (χ3n) is 2.34. The van der Waals surface area contributed by atoms with Gasteiger partial charge < -0.3 is 14.4 Å². The number of ether oxygens (including phenoxy) is 1. The molecule has 1 heterocycles. The van der Waals surface area contributed by atoms with E-state index in [1.807, 2.05) is 11.5 Å². The predicted octanol–water partition coefficient (Wildman–Crippen LogP) is 0.615. The van der Waals surface area contributed by atoms with Crippen molar-refractivity contribution in [3.63, 3.8) is 0 Å². The number of aromatic nitrogens is 3. The predicted molar refractivity (Wildman–Crippen MR) is 56.4 cm³/mol. The van der Waals surface area contributed by atoms with E-state index in [2.05, 4.69) is 17.1 Å². The molecule has 0 aliphatic rings. The molecular weight excluding hydrogens is 194 g/mol. The Morgan fingerprint density at radius 1 is 1.40 bits per heavy atom. The fourth-order valence-electron chi connectivity index (χ4n) is 1.66. The molecule has 0 saturated heterocycles. The van der Waals surface area contributed by atoms with Crippen LogP contribution in [0.3, 0.4) is 0 Å². The third-order valence-corrected chi connectivity index (χ3v) is 2.34. The second-order valence-corrected chi connectivity index (χ2v) is 3.70. The fraction of sp³-hybridized carbons (Fsp3) is 0.800. The number of nitrogens with zero attached hydrogens (tertiary/aromatic N) is 3. The Morgan fingerprint density at radius 2 is 2.07 bits per heavy atom. The average molecular weight is 213 g/mol. The summed E-state index contributed by atoms with van der Waals surface area (Å²) in [7, 11) is 1.69. The molecule has 0 aromatic carbocycles. The molecule has 0 radical (unpaired) electrons. The molecule has 1 N–H and O–H groups in total. The summed E-state index contributed by atoms with van der Waals surface area (Å²) in [5, 5.41) is 17.1. The first-order valence-electron chi connectivity index (χ1n) is 5.23. The molecule has 5 nitrogen and oxygen atoms in total. The first-order chi connectivity index (χ1) is 7.22. The summed E-state index contributed by atoms with van der Waals surface area (Å²) in [6.07, 6.45) is 0.828. The zero-order valence-corrected chi connectivity index (χ0v) is 9.60. The van der Waals surface area contributed by atoms with E-state index in [0.29, 0.717) is 18.3 Å². The molecule has 0 aliphatic carbocycles. The van der Waals surface area contributed by atoms with Gasteiger partial charge in [0.25, 0.3) is 0 Å². The van der Waals surface area contributed by atoms with E-state index >= 15 is 0 Å². The van der Waals surface area contributed by atoms with Crippen LogP contribution in [-0.4, -0.2) is 33.6 Å². The van der Waals surface area contributed by atoms with E-state index in [1.54, 1.807) is 7.11 Å². The smallest absolute Gasteiger partial charge is 0.158 e. The van der Waals surface area contributed by atoms with Gasteiger partial charge in [-0.1, -0.05) is 6.92 Å². The molecule has 15 heavy (non-hydrogen) atoms. The Bertz CT molecular complexity index is 299. The van der Waals surface area contributed by atoms with Crippen molar-refractivity contribution in [3.8, 4) is 0 Å². The molecule has 0 fully saturated rings. The largest absolute Gasteiger partial charge is 0.388 e. The molecular formula is C10H19N3O2. The van der Waals surface area contributed by atoms with Crippen LogP contribution in [0.5, 0.6) is 0 Å². The van der Waals surface area contributed by atoms with Gasteiger partial charge in [-0.05, 0) is 12.8 Å². The maximum atomic E-state index is 9.05. The lowest BCUT2D eigenvalue weighted by Gasteiger charge is -2.10. The molecule has 0 amide bonds. The van der Waals surface area contributed by atoms with Gasteiger partial charge in [-0.3, -0.25) is 0 Å². The molecule has 1 aromatic rings. The molecule has 1 aromatic heterocycles. The zero-order valence-electron chi connectivity index (χ0n) is 9.60. The summed E-state index contributed by atoms with van der Waals surface area (Å²) in [4.78, 5) is 0. The average Bonchev–Trinajstić information content (AvgIpc) is 2.60. The van der Waals surface area contributed by atoms with Gasteiger partial charge >= 0.3 is 0 Å². The van der Waals surface area contributed by atoms with Crippen molar-refractivity contribution < 1.29 is 9.84 Å². The second-order valence-electron chi connectivity index (χ2n) is 3.70. The van der Waals surface area contributed by atoms with E-state index in [0.717, 1.165) is 18.8 Å². The van der Waals surface area contributed by atoms with Crippen molar-refractivity contribution in [2.45, 2.75) is 33.4 Å². The van der Waals surface area contributed by atoms with Crippen LogP contribution >= 0.6 is 0 Å². The van der Waals surface area contributed by atoms with Gasteiger partial charge in [-0.25, -0.2) is 0 Å². The Kier molecular flexibility index (Phi) is 4.71. The molecule has 1 unspecified atom stereocenters. The third kappa shape index (κ3) is 3.00. The Hall–Kier alpha value is -0.940. The summed E-state index contributed by atoms with van der Waals surface area (Å²) >= 11 is 0. The molecule has 0 spiro atoms. The quantitative estimate of drug-likeness (QED) is 0.752. The minimum absolute atomic E-state index is 0.0561. The normalized spacial score (nSPS) is 13.1. The SMILES string of the molecule is CCn1c(CO)nnc1CC(C)COC. The molecule has 0 saturated carbocycles. The van der Waals surface area contributed by atoms with Crippen LogP contribution in [-0.2, 0) is 24.3 Å². The highest BCUT2D eigenvalue weighted by Gasteiger charge is 2.12. The summed E-state index contributed by atoms with van der Waals surface area (Å²) in [6.45, 7) is 5.58. The molecule has 1 atom stereocenters. The minimum atomic E-state index is -0.0561. The van der Waals surface area contributed by atoms with Crippen LogP contribution in [0.2, 0.25) is 0 Å². The standard InChI is InChI=1S/C10H19N3O2/c1-4-13-9(5-8(2)7-15-3)11-12-10(13)6-14/h8,14H,4-7H2,1-3H3. The zero-order chi connectivity index (χ0) is 11.3. The van der Waals surface area contributed by atoms with E-state index in [4.69, 9.17) is 9.84 Å². The number of hydrogen-bond donors (Lipinski definition) is 1. The number of rotatable bonds is 6. The molecule has 1 rings (SSSR count). The summed E-state index contributed by atoms with van der Waals surface area (Å²) in [6, 6.07) is 0. The lowest BCUT2D eigenvalue weighted by molar-refractivity contribution is 0.158. The van der Waals surface area contributed by atoms with Crippen LogP contribution in [0.1, 0.15) is 25.5 Å². The Morgan fingerprint density at radius 3 is 2.60 bits per heavy atom. The summed E-state index contributed by atoms with van der Waals surface area (Å²) in [5.74, 6) is 1.97. The topological polar surface area (TPSA) is 60.2 Å². The monoisotopic (exact) mass is 213 g/mol. The first-order valence-corrected chi connectivity index (χ1v) is 5.23. The van der Waals surface area contributed by atoms with Gasteiger partial charge in [0.2, 0.25) is 0 Å². The number of aliphatic hydroxyl groups is 1. The lowest BCUT2D eigenvalue weighted by atomic mass is 10.1. The molecule has 5 heteroatoms. The van der Waals surface area contributed by atoms with Crippen LogP contribution in [0, 0.1) is 5.92 Å². The Balaban J connectivity index is 2.71. The van der Waals surface area contributed by atoms with Crippen molar-refractivity contribution in [3.05, 3.63) is 11.6 Å². The van der Waals surface area contributed by atoms with Gasteiger partial charge in [-0.2, -0.15) is 0 Å². The van der Waals surface area contributed by atoms with Gasteiger partial charge in [0, 0.05) is 26.7 Å². The molecule has 86 valence electrons. The molecule has 0 bridgehead atoms. The lowest BCUT2D eigenvalue weighted by Crippen LogP contribution is -2.13. The molecule has 0 aliphatic heterocycles. The van der Waals surface area contributed by atoms with Crippen molar-refractivity contribution in [2.24, 2.45) is 5.92 Å². The Labute approximate surface area is 90.1 Å². The van der Waals surface area contributed by atoms with Crippen molar-refractivity contribution in [2.75, 3.05) is 13.7 Å². The maximum Gasteiger partial charge on any atom is 0.158 e. The van der Waals surface area contributed by atoms with Gasteiger partial charge in [0.15, 0.2) is 5.82 Å². The first kappa shape index (κ1) is 12.1. The van der Waals surface area contributed by atoms with E-state index in [1.165, 1.54) is 0 Å². The van der Waals surface area contributed by atoms with Crippen molar-refractivity contribution in [1.29, 1.82) is 0 Å². The van der Waals surface area contributed by atoms with Gasteiger partial charge in [0.1, 0.15) is 12.4 Å². The van der Waals surface area contributed by atoms with Crippen LogP contribution in [0.4, 0.5) is 0 Å². The summed E-state index contributed by atoms with van der Waals surface area (Å²) in [5.41, 5.74) is 0. The fourth-order valence-corrected chi connectivity index (χ4v) is 1.66. The number of hydrogen-bond acceptors (Lipinski definition) is 4. The van der Waals surface area contributed by atoms with Gasteiger partial charge in [0.05, 0.1) is 0 Å². The van der Waals surface area contributed by atoms with E-state index < -0.39 is 0 Å². The van der Waals surface area contributed by atoms with Crippen LogP contribution < -0.4 is 0 Å². The van der Waals surface area contributed by atoms with Crippen molar-refractivity contribution in [1.82, 2.24) is 14.8 Å². The van der Waals surface area contributed by atoms with E-state index in [-0.39, 0.29) is 6.61 Å². The minimum Gasteiger partial charge on any atom is -0.388 e. The van der Waals surface area contributed by atoms with Crippen molar-refractivity contribution >= 4 is 0 Å². The summed E-state index contributed by atoms with van der Waals surface area (Å²) < 4.78 is 7.03. The highest BCUT2D eigenvalue weighted by Crippen LogP contribution is 2.09. The highest BCUT2D eigenvalue weighted by atomic mass is 16.5. The second kappa shape index (κ2) is 5.82. The van der Waals surface area contributed by atoms with Gasteiger partial charge in [-0.15, -0.1) is 10.2 Å². The maximum absolute atomic E-state index is 9.05. The number of methoxy groups -OCH3 is 1. The number of aliphatic hydroxyl groups excluding tert-OH is 1. The highest BCUT2D eigenvalue weighted by molar-refractivity contribution is 4.95. The van der Waals surface area contributed by atoms with Crippen LogP contribution in [0.25, 0.3) is 0 Å².